The second kappa shape index (κ2) is 5.16. The molecule has 6 heteroatoms. The molecule has 96 valence electrons. The largest absolute Gasteiger partial charge is 0.481 e. The van der Waals surface area contributed by atoms with Gasteiger partial charge in [-0.3, -0.25) is 4.79 Å². The minimum Gasteiger partial charge on any atom is -0.481 e. The zero-order valence-electron chi connectivity index (χ0n) is 9.89. The van der Waals surface area contributed by atoms with Gasteiger partial charge in [0.2, 0.25) is 0 Å². The number of likely N-dealkylation sites (tertiary alicyclic amines) is 1. The van der Waals surface area contributed by atoms with Crippen LogP contribution in [0.3, 0.4) is 0 Å². The number of aliphatic carboxylic acids is 1. The number of thioether (sulfide) groups is 1. The number of nitrogens with zero attached hydrogens (tertiary/aromatic N) is 1. The van der Waals surface area contributed by atoms with E-state index < -0.39 is 11.9 Å². The van der Waals surface area contributed by atoms with Crippen molar-refractivity contribution in [2.24, 2.45) is 5.92 Å². The quantitative estimate of drug-likeness (QED) is 0.775. The molecule has 0 aromatic carbocycles. The van der Waals surface area contributed by atoms with Gasteiger partial charge in [0.05, 0.1) is 5.92 Å². The van der Waals surface area contributed by atoms with Crippen molar-refractivity contribution in [1.82, 2.24) is 10.2 Å². The summed E-state index contributed by atoms with van der Waals surface area (Å²) in [6, 6.07) is -0.0566. The molecule has 5 nitrogen and oxygen atoms in total. The van der Waals surface area contributed by atoms with Gasteiger partial charge in [0.15, 0.2) is 0 Å². The lowest BCUT2D eigenvalue weighted by molar-refractivity contribution is -0.142. The van der Waals surface area contributed by atoms with Gasteiger partial charge in [-0.2, -0.15) is 11.8 Å². The molecule has 2 N–H and O–H groups in total. The first-order valence-electron chi connectivity index (χ1n) is 5.97. The molecule has 2 rings (SSSR count). The Morgan fingerprint density at radius 2 is 2.18 bits per heavy atom. The minimum atomic E-state index is -0.802. The van der Waals surface area contributed by atoms with Crippen LogP contribution in [0.25, 0.3) is 0 Å². The standard InChI is InChI=1S/C11H18N2O3S/c1-7-9(10(14)15)2-4-13(7)11(16)12-8-3-5-17-6-8/h7-9H,2-6H2,1H3,(H,12,16)(H,14,15). The van der Waals surface area contributed by atoms with Crippen LogP contribution in [0.5, 0.6) is 0 Å². The van der Waals surface area contributed by atoms with Crippen LogP contribution in [0.15, 0.2) is 0 Å². The smallest absolute Gasteiger partial charge is 0.317 e. The number of urea groups is 1. The van der Waals surface area contributed by atoms with E-state index in [1.165, 1.54) is 0 Å². The van der Waals surface area contributed by atoms with E-state index >= 15 is 0 Å². The predicted molar refractivity (Wildman–Crippen MR) is 66.2 cm³/mol. The van der Waals surface area contributed by atoms with E-state index in [0.29, 0.717) is 13.0 Å². The number of carboxylic acids is 1. The number of nitrogens with one attached hydrogen (secondary N) is 1. The van der Waals surface area contributed by atoms with Crippen molar-refractivity contribution in [1.29, 1.82) is 0 Å². The summed E-state index contributed by atoms with van der Waals surface area (Å²) in [6.45, 7) is 2.36. The van der Waals surface area contributed by atoms with Gasteiger partial charge in [-0.05, 0) is 25.5 Å². The Hall–Kier alpha value is -0.910. The van der Waals surface area contributed by atoms with Crippen LogP contribution >= 0.6 is 11.8 Å². The molecule has 3 unspecified atom stereocenters. The molecular formula is C11H18N2O3S. The van der Waals surface area contributed by atoms with E-state index in [1.807, 2.05) is 18.7 Å². The first kappa shape index (κ1) is 12.5. The number of carbonyl (C=O) groups is 2. The molecule has 2 fully saturated rings. The van der Waals surface area contributed by atoms with Crippen molar-refractivity contribution < 1.29 is 14.7 Å². The molecule has 2 aliphatic rings. The molecule has 2 aliphatic heterocycles. The number of carbonyl (C=O) groups excluding carboxylic acids is 1. The van der Waals surface area contributed by atoms with E-state index in [-0.39, 0.29) is 18.1 Å². The molecule has 0 radical (unpaired) electrons. The highest BCUT2D eigenvalue weighted by Gasteiger charge is 2.38. The fourth-order valence-electron chi connectivity index (χ4n) is 2.46. The molecular weight excluding hydrogens is 240 g/mol. The summed E-state index contributed by atoms with van der Waals surface area (Å²) >= 11 is 1.85. The lowest BCUT2D eigenvalue weighted by Crippen LogP contribution is -2.47. The summed E-state index contributed by atoms with van der Waals surface area (Å²) in [5.74, 6) is 0.845. The van der Waals surface area contributed by atoms with Crippen LogP contribution in [0, 0.1) is 5.92 Å². The van der Waals surface area contributed by atoms with Crippen molar-refractivity contribution in [2.75, 3.05) is 18.1 Å². The highest BCUT2D eigenvalue weighted by Crippen LogP contribution is 2.25. The van der Waals surface area contributed by atoms with E-state index in [2.05, 4.69) is 5.32 Å². The van der Waals surface area contributed by atoms with Gasteiger partial charge in [-0.1, -0.05) is 0 Å². The third-order valence-electron chi connectivity index (χ3n) is 3.59. The van der Waals surface area contributed by atoms with Crippen molar-refractivity contribution in [3.05, 3.63) is 0 Å². The van der Waals surface area contributed by atoms with Crippen LogP contribution < -0.4 is 5.32 Å². The SMILES string of the molecule is CC1C(C(=O)O)CCN1C(=O)NC1CCSC1. The zero-order chi connectivity index (χ0) is 12.4. The number of carboxylic acid groups (broad SMARTS) is 1. The summed E-state index contributed by atoms with van der Waals surface area (Å²) in [5, 5.41) is 12.0. The molecule has 0 saturated carbocycles. The Kier molecular flexibility index (Phi) is 3.81. The van der Waals surface area contributed by atoms with Crippen LogP contribution in [0.4, 0.5) is 4.79 Å². The molecule has 2 saturated heterocycles. The molecule has 0 bridgehead atoms. The fraction of sp³-hybridized carbons (Fsp3) is 0.818. The zero-order valence-corrected chi connectivity index (χ0v) is 10.7. The van der Waals surface area contributed by atoms with Gasteiger partial charge in [-0.15, -0.1) is 0 Å². The van der Waals surface area contributed by atoms with Gasteiger partial charge in [-0.25, -0.2) is 4.79 Å². The normalized spacial score (nSPS) is 32.8. The number of amides is 2. The van der Waals surface area contributed by atoms with Gasteiger partial charge >= 0.3 is 12.0 Å². The van der Waals surface area contributed by atoms with E-state index in [1.54, 1.807) is 4.90 Å². The summed E-state index contributed by atoms with van der Waals surface area (Å²) in [7, 11) is 0. The summed E-state index contributed by atoms with van der Waals surface area (Å²) in [5.41, 5.74) is 0. The molecule has 2 heterocycles. The molecule has 0 aliphatic carbocycles. The van der Waals surface area contributed by atoms with Crippen LogP contribution in [-0.4, -0.2) is 52.1 Å². The first-order valence-corrected chi connectivity index (χ1v) is 7.12. The summed E-state index contributed by atoms with van der Waals surface area (Å²) in [4.78, 5) is 24.6. The maximum absolute atomic E-state index is 12.0. The van der Waals surface area contributed by atoms with Crippen molar-refractivity contribution in [2.45, 2.75) is 31.8 Å². The third-order valence-corrected chi connectivity index (χ3v) is 4.75. The molecule has 3 atom stereocenters. The molecule has 0 aromatic heterocycles. The molecule has 17 heavy (non-hydrogen) atoms. The lowest BCUT2D eigenvalue weighted by Gasteiger charge is -2.25. The Labute approximate surface area is 105 Å². The minimum absolute atomic E-state index is 0.103. The molecule has 0 spiro atoms. The van der Waals surface area contributed by atoms with Gasteiger partial charge in [0.25, 0.3) is 0 Å². The lowest BCUT2D eigenvalue weighted by atomic mass is 10.0. The van der Waals surface area contributed by atoms with Crippen molar-refractivity contribution >= 4 is 23.8 Å². The maximum Gasteiger partial charge on any atom is 0.317 e. The van der Waals surface area contributed by atoms with E-state index in [0.717, 1.165) is 17.9 Å². The average Bonchev–Trinajstić information content (AvgIpc) is 2.86. The highest BCUT2D eigenvalue weighted by molar-refractivity contribution is 7.99. The van der Waals surface area contributed by atoms with Crippen LogP contribution in [0.1, 0.15) is 19.8 Å². The Bertz CT molecular complexity index is 318. The van der Waals surface area contributed by atoms with Gasteiger partial charge in [0.1, 0.15) is 0 Å². The number of hydrogen-bond acceptors (Lipinski definition) is 3. The third kappa shape index (κ3) is 2.68. The van der Waals surface area contributed by atoms with Gasteiger partial charge < -0.3 is 15.3 Å². The average molecular weight is 258 g/mol. The van der Waals surface area contributed by atoms with E-state index in [9.17, 15) is 9.59 Å². The highest BCUT2D eigenvalue weighted by atomic mass is 32.2. The number of rotatable bonds is 2. The van der Waals surface area contributed by atoms with Crippen molar-refractivity contribution in [3.63, 3.8) is 0 Å². The van der Waals surface area contributed by atoms with Crippen LogP contribution in [-0.2, 0) is 4.79 Å². The van der Waals surface area contributed by atoms with Crippen LogP contribution in [0.2, 0.25) is 0 Å². The summed E-state index contributed by atoms with van der Waals surface area (Å²) < 4.78 is 0. The second-order valence-electron chi connectivity index (χ2n) is 4.68. The second-order valence-corrected chi connectivity index (χ2v) is 5.83. The summed E-state index contributed by atoms with van der Waals surface area (Å²) in [6.07, 6.45) is 1.57. The Morgan fingerprint density at radius 3 is 2.71 bits per heavy atom. The Morgan fingerprint density at radius 1 is 1.41 bits per heavy atom. The molecule has 0 aromatic rings. The fourth-order valence-corrected chi connectivity index (χ4v) is 3.61. The van der Waals surface area contributed by atoms with Gasteiger partial charge in [0, 0.05) is 24.4 Å². The Balaban J connectivity index is 1.89. The topological polar surface area (TPSA) is 69.6 Å². The first-order chi connectivity index (χ1) is 8.09. The predicted octanol–water partition coefficient (Wildman–Crippen LogP) is 0.997. The van der Waals surface area contributed by atoms with E-state index in [4.69, 9.17) is 5.11 Å². The monoisotopic (exact) mass is 258 g/mol. The number of hydrogen-bond donors (Lipinski definition) is 2. The molecule has 2 amide bonds. The van der Waals surface area contributed by atoms with Crippen molar-refractivity contribution in [3.8, 4) is 0 Å². The maximum atomic E-state index is 12.0.